The van der Waals surface area contributed by atoms with Gasteiger partial charge in [0.05, 0.1) is 22.3 Å². The molecule has 2 aliphatic rings. The number of amides is 1. The number of hydrogen-bond donors (Lipinski definition) is 0. The summed E-state index contributed by atoms with van der Waals surface area (Å²) >= 11 is 12.0. The Balaban J connectivity index is 1.60. The maximum atomic E-state index is 12.5. The first-order valence-corrected chi connectivity index (χ1v) is 9.31. The second-order valence-electron chi connectivity index (χ2n) is 6.51. The zero-order valence-corrected chi connectivity index (χ0v) is 15.3. The smallest absolute Gasteiger partial charge is 0.225 e. The van der Waals surface area contributed by atoms with Crippen molar-refractivity contribution in [3.8, 4) is 0 Å². The van der Waals surface area contributed by atoms with Crippen LogP contribution < -0.4 is 0 Å². The average molecular weight is 369 g/mol. The van der Waals surface area contributed by atoms with Crippen LogP contribution in [0.1, 0.15) is 44.6 Å². The van der Waals surface area contributed by atoms with Crippen LogP contribution in [-0.4, -0.2) is 35.7 Å². The van der Waals surface area contributed by atoms with Gasteiger partial charge in [-0.1, -0.05) is 47.8 Å². The predicted octanol–water partition coefficient (Wildman–Crippen LogP) is 4.53. The summed E-state index contributed by atoms with van der Waals surface area (Å²) in [6.07, 6.45) is 4.75. The molecular weight excluding hydrogens is 347 g/mol. The number of oxime groups is 1. The molecule has 6 heteroatoms. The van der Waals surface area contributed by atoms with Crippen LogP contribution in [0.15, 0.2) is 23.4 Å². The Morgan fingerprint density at radius 1 is 1.33 bits per heavy atom. The van der Waals surface area contributed by atoms with Crippen LogP contribution >= 0.6 is 23.2 Å². The third kappa shape index (κ3) is 3.86. The maximum Gasteiger partial charge on any atom is 0.225 e. The molecule has 1 heterocycles. The van der Waals surface area contributed by atoms with E-state index in [9.17, 15) is 4.79 Å². The van der Waals surface area contributed by atoms with Gasteiger partial charge in [-0.15, -0.1) is 0 Å². The molecule has 1 aliphatic carbocycles. The first-order chi connectivity index (χ1) is 11.6. The molecule has 1 aromatic carbocycles. The van der Waals surface area contributed by atoms with Crippen LogP contribution in [0.25, 0.3) is 0 Å². The summed E-state index contributed by atoms with van der Waals surface area (Å²) in [6.45, 7) is 3.46. The monoisotopic (exact) mass is 368 g/mol. The van der Waals surface area contributed by atoms with Crippen molar-refractivity contribution in [2.75, 3.05) is 13.1 Å². The van der Waals surface area contributed by atoms with Gasteiger partial charge in [-0.3, -0.25) is 4.79 Å². The Hall–Kier alpha value is -1.26. The topological polar surface area (TPSA) is 41.9 Å². The van der Waals surface area contributed by atoms with Crippen molar-refractivity contribution in [3.63, 3.8) is 0 Å². The van der Waals surface area contributed by atoms with Crippen LogP contribution in [0, 0.1) is 5.92 Å². The number of rotatable bonds is 6. The Labute approximate surface area is 152 Å². The van der Waals surface area contributed by atoms with Crippen molar-refractivity contribution in [2.24, 2.45) is 11.1 Å². The Kier molecular flexibility index (Phi) is 5.67. The lowest BCUT2D eigenvalue weighted by atomic mass is 9.84. The largest absolute Gasteiger partial charge is 0.390 e. The molecule has 1 aromatic rings. The van der Waals surface area contributed by atoms with Crippen LogP contribution in [0.2, 0.25) is 10.0 Å². The van der Waals surface area contributed by atoms with E-state index in [0.29, 0.717) is 23.0 Å². The van der Waals surface area contributed by atoms with Crippen molar-refractivity contribution >= 4 is 34.8 Å². The molecule has 24 heavy (non-hydrogen) atoms. The first-order valence-electron chi connectivity index (χ1n) is 8.55. The van der Waals surface area contributed by atoms with Crippen LogP contribution in [0.3, 0.4) is 0 Å². The summed E-state index contributed by atoms with van der Waals surface area (Å²) in [5, 5.41) is 5.22. The quantitative estimate of drug-likeness (QED) is 0.740. The van der Waals surface area contributed by atoms with Gasteiger partial charge >= 0.3 is 0 Å². The number of benzene rings is 1. The summed E-state index contributed by atoms with van der Waals surface area (Å²) in [6, 6.07) is 5.46. The van der Waals surface area contributed by atoms with Crippen molar-refractivity contribution in [1.82, 2.24) is 4.90 Å². The normalized spacial score (nSPS) is 20.3. The van der Waals surface area contributed by atoms with E-state index in [-0.39, 0.29) is 17.9 Å². The molecule has 130 valence electrons. The third-order valence-electron chi connectivity index (χ3n) is 4.67. The Bertz CT molecular complexity index is 644. The fourth-order valence-corrected chi connectivity index (χ4v) is 3.39. The number of halogens is 2. The van der Waals surface area contributed by atoms with Gasteiger partial charge in [0.1, 0.15) is 0 Å². The van der Waals surface area contributed by atoms with Crippen molar-refractivity contribution < 1.29 is 9.63 Å². The number of hydrogen-bond acceptors (Lipinski definition) is 3. The van der Waals surface area contributed by atoms with Crippen LogP contribution in [0.4, 0.5) is 0 Å². The van der Waals surface area contributed by atoms with E-state index < -0.39 is 0 Å². The van der Waals surface area contributed by atoms with Crippen molar-refractivity contribution in [3.05, 3.63) is 33.8 Å². The molecule has 0 bridgehead atoms. The van der Waals surface area contributed by atoms with E-state index in [1.807, 2.05) is 11.0 Å². The minimum Gasteiger partial charge on any atom is -0.390 e. The predicted molar refractivity (Wildman–Crippen MR) is 96.7 cm³/mol. The van der Waals surface area contributed by atoms with Crippen molar-refractivity contribution in [1.29, 1.82) is 0 Å². The zero-order valence-electron chi connectivity index (χ0n) is 13.8. The molecule has 0 aromatic heterocycles. The Morgan fingerprint density at radius 2 is 2.12 bits per heavy atom. The molecule has 0 unspecified atom stereocenters. The molecule has 0 spiro atoms. The minimum atomic E-state index is -0.0926. The highest BCUT2D eigenvalue weighted by Crippen LogP contribution is 2.29. The van der Waals surface area contributed by atoms with E-state index in [4.69, 9.17) is 28.0 Å². The highest BCUT2D eigenvalue weighted by Gasteiger charge is 2.32. The number of carbonyl (C=O) groups excluding carboxylic acids is 1. The Morgan fingerprint density at radius 3 is 2.75 bits per heavy atom. The molecule has 1 saturated carbocycles. The lowest BCUT2D eigenvalue weighted by molar-refractivity contribution is -0.140. The molecule has 1 aliphatic heterocycles. The lowest BCUT2D eigenvalue weighted by Crippen LogP contribution is -2.43. The number of carbonyl (C=O) groups is 1. The fraction of sp³-hybridized carbons (Fsp3) is 0.556. The number of nitrogens with zero attached hydrogens (tertiary/aromatic N) is 2. The molecule has 1 fully saturated rings. The highest BCUT2D eigenvalue weighted by atomic mass is 35.5. The fourth-order valence-electron chi connectivity index (χ4n) is 3.09. The molecule has 0 saturated heterocycles. The van der Waals surface area contributed by atoms with E-state index in [1.165, 1.54) is 6.42 Å². The molecule has 0 N–H and O–H groups in total. The standard InChI is InChI=1S/C18H22Cl2N2O2/c1-2-8-22(18(23)12-4-3-5-12)11-14-10-17(21-24-14)13-6-7-15(19)16(20)9-13/h6-7,9,12,14H,2-5,8,10-11H2,1H3/t14-/m1/s1. The average Bonchev–Trinajstić information content (AvgIpc) is 2.96. The highest BCUT2D eigenvalue weighted by molar-refractivity contribution is 6.42. The van der Waals surface area contributed by atoms with Gasteiger partial charge in [0.25, 0.3) is 0 Å². The van der Waals surface area contributed by atoms with Crippen LogP contribution in [-0.2, 0) is 9.63 Å². The van der Waals surface area contributed by atoms with E-state index in [0.717, 1.165) is 37.1 Å². The van der Waals surface area contributed by atoms with Gasteiger partial charge in [-0.25, -0.2) is 0 Å². The summed E-state index contributed by atoms with van der Waals surface area (Å²) in [4.78, 5) is 20.1. The van der Waals surface area contributed by atoms with E-state index in [2.05, 4.69) is 12.1 Å². The summed E-state index contributed by atoms with van der Waals surface area (Å²) in [5.41, 5.74) is 1.77. The maximum absolute atomic E-state index is 12.5. The van der Waals surface area contributed by atoms with E-state index >= 15 is 0 Å². The second-order valence-corrected chi connectivity index (χ2v) is 7.32. The summed E-state index contributed by atoms with van der Waals surface area (Å²) < 4.78 is 0. The van der Waals surface area contributed by atoms with Gasteiger partial charge in [0.2, 0.25) is 5.91 Å². The summed E-state index contributed by atoms with van der Waals surface area (Å²) in [5.74, 6) is 0.489. The van der Waals surface area contributed by atoms with Gasteiger partial charge in [-0.05, 0) is 31.4 Å². The molecule has 3 rings (SSSR count). The SMILES string of the molecule is CCCN(C[C@H]1CC(c2ccc(Cl)c(Cl)c2)=NO1)C(=O)C1CCC1. The molecule has 1 atom stereocenters. The van der Waals surface area contributed by atoms with Gasteiger partial charge in [0.15, 0.2) is 6.10 Å². The van der Waals surface area contributed by atoms with Gasteiger partial charge < -0.3 is 9.74 Å². The van der Waals surface area contributed by atoms with Crippen molar-refractivity contribution in [2.45, 2.75) is 45.1 Å². The molecule has 4 nitrogen and oxygen atoms in total. The lowest BCUT2D eigenvalue weighted by Gasteiger charge is -2.32. The molecule has 1 amide bonds. The zero-order chi connectivity index (χ0) is 17.1. The minimum absolute atomic E-state index is 0.0926. The molecular formula is C18H22Cl2N2O2. The first kappa shape index (κ1) is 17.6. The van der Waals surface area contributed by atoms with Gasteiger partial charge in [0, 0.05) is 24.4 Å². The summed E-state index contributed by atoms with van der Waals surface area (Å²) in [7, 11) is 0. The van der Waals surface area contributed by atoms with Crippen LogP contribution in [0.5, 0.6) is 0 Å². The molecule has 0 radical (unpaired) electrons. The van der Waals surface area contributed by atoms with Gasteiger partial charge in [-0.2, -0.15) is 0 Å². The van der Waals surface area contributed by atoms with E-state index in [1.54, 1.807) is 12.1 Å². The third-order valence-corrected chi connectivity index (χ3v) is 5.41. The second kappa shape index (κ2) is 7.75.